The molecular weight excluding hydrogens is 242 g/mol. The zero-order valence-electron chi connectivity index (χ0n) is 11.7. The summed E-state index contributed by atoms with van der Waals surface area (Å²) in [5, 5.41) is 0. The standard InChI is InChI=1S/C13H21N5O/c1-13(2)12(19)17(3)6-7-18(13)9-10-4-5-11(16-14)15-8-10/h4-5,8H,6-7,9,14H2,1-3H3,(H,15,16). The number of hydrazine groups is 1. The van der Waals surface area contributed by atoms with E-state index >= 15 is 0 Å². The van der Waals surface area contributed by atoms with Crippen molar-refractivity contribution in [1.29, 1.82) is 0 Å². The highest BCUT2D eigenvalue weighted by molar-refractivity contribution is 5.86. The predicted octanol–water partition coefficient (Wildman–Crippen LogP) is 0.420. The minimum Gasteiger partial charge on any atom is -0.343 e. The molecule has 1 fully saturated rings. The number of aromatic nitrogens is 1. The van der Waals surface area contributed by atoms with Gasteiger partial charge in [0.05, 0.1) is 5.54 Å². The molecule has 0 aromatic carbocycles. The minimum atomic E-state index is -0.474. The Labute approximate surface area is 113 Å². The van der Waals surface area contributed by atoms with E-state index in [9.17, 15) is 4.79 Å². The summed E-state index contributed by atoms with van der Waals surface area (Å²) < 4.78 is 0. The molecule has 2 rings (SSSR count). The van der Waals surface area contributed by atoms with Crippen LogP contribution in [0.4, 0.5) is 5.82 Å². The molecule has 0 atom stereocenters. The van der Waals surface area contributed by atoms with Crippen LogP contribution in [-0.2, 0) is 11.3 Å². The lowest BCUT2D eigenvalue weighted by molar-refractivity contribution is -0.147. The Kier molecular flexibility index (Phi) is 3.73. The smallest absolute Gasteiger partial charge is 0.242 e. The predicted molar refractivity (Wildman–Crippen MR) is 74.2 cm³/mol. The van der Waals surface area contributed by atoms with Gasteiger partial charge in [-0.1, -0.05) is 6.07 Å². The molecule has 6 heteroatoms. The molecule has 1 saturated heterocycles. The average Bonchev–Trinajstić information content (AvgIpc) is 2.41. The van der Waals surface area contributed by atoms with Gasteiger partial charge < -0.3 is 10.3 Å². The number of pyridine rings is 1. The second kappa shape index (κ2) is 5.14. The van der Waals surface area contributed by atoms with Crippen molar-refractivity contribution in [2.45, 2.75) is 25.9 Å². The molecule has 19 heavy (non-hydrogen) atoms. The quantitative estimate of drug-likeness (QED) is 0.610. The Morgan fingerprint density at radius 1 is 1.42 bits per heavy atom. The van der Waals surface area contributed by atoms with Gasteiger partial charge in [-0.25, -0.2) is 10.8 Å². The van der Waals surface area contributed by atoms with E-state index in [4.69, 9.17) is 5.84 Å². The summed E-state index contributed by atoms with van der Waals surface area (Å²) in [5.41, 5.74) is 3.10. The van der Waals surface area contributed by atoms with E-state index in [1.807, 2.05) is 33.0 Å². The Balaban J connectivity index is 2.11. The SMILES string of the molecule is CN1CCN(Cc2ccc(NN)nc2)C(C)(C)C1=O. The Bertz CT molecular complexity index is 457. The van der Waals surface area contributed by atoms with Crippen molar-refractivity contribution in [1.82, 2.24) is 14.8 Å². The highest BCUT2D eigenvalue weighted by Gasteiger charge is 2.40. The second-order valence-corrected chi connectivity index (χ2v) is 5.40. The third-order valence-corrected chi connectivity index (χ3v) is 3.71. The number of piperazine rings is 1. The lowest BCUT2D eigenvalue weighted by atomic mass is 9.97. The number of nitrogens with two attached hydrogens (primary N) is 1. The van der Waals surface area contributed by atoms with Crippen LogP contribution in [0.3, 0.4) is 0 Å². The number of hydrogen-bond acceptors (Lipinski definition) is 5. The largest absolute Gasteiger partial charge is 0.343 e. The van der Waals surface area contributed by atoms with E-state index in [0.29, 0.717) is 12.4 Å². The van der Waals surface area contributed by atoms with Gasteiger partial charge in [-0.05, 0) is 25.5 Å². The summed E-state index contributed by atoms with van der Waals surface area (Å²) in [6.07, 6.45) is 1.79. The zero-order chi connectivity index (χ0) is 14.0. The first-order valence-corrected chi connectivity index (χ1v) is 6.37. The van der Waals surface area contributed by atoms with E-state index < -0.39 is 5.54 Å². The zero-order valence-corrected chi connectivity index (χ0v) is 11.7. The fourth-order valence-electron chi connectivity index (χ4n) is 2.35. The maximum atomic E-state index is 12.2. The highest BCUT2D eigenvalue weighted by atomic mass is 16.2. The maximum Gasteiger partial charge on any atom is 0.242 e. The summed E-state index contributed by atoms with van der Waals surface area (Å²) in [6, 6.07) is 3.81. The molecule has 1 aliphatic heterocycles. The van der Waals surface area contributed by atoms with Crippen molar-refractivity contribution in [3.8, 4) is 0 Å². The van der Waals surface area contributed by atoms with Gasteiger partial charge in [-0.15, -0.1) is 0 Å². The summed E-state index contributed by atoms with van der Waals surface area (Å²) in [7, 11) is 1.85. The van der Waals surface area contributed by atoms with Crippen LogP contribution in [0.5, 0.6) is 0 Å². The molecule has 2 heterocycles. The fraction of sp³-hybridized carbons (Fsp3) is 0.538. The van der Waals surface area contributed by atoms with Gasteiger partial charge >= 0.3 is 0 Å². The summed E-state index contributed by atoms with van der Waals surface area (Å²) in [4.78, 5) is 20.3. The summed E-state index contributed by atoms with van der Waals surface area (Å²) in [6.45, 7) is 6.27. The van der Waals surface area contributed by atoms with Crippen LogP contribution < -0.4 is 11.3 Å². The maximum absolute atomic E-state index is 12.2. The molecule has 104 valence electrons. The molecule has 1 aromatic heterocycles. The first kappa shape index (κ1) is 13.8. The number of nitrogen functional groups attached to an aromatic ring is 1. The van der Waals surface area contributed by atoms with Crippen molar-refractivity contribution in [3.63, 3.8) is 0 Å². The first-order chi connectivity index (χ1) is 8.95. The monoisotopic (exact) mass is 263 g/mol. The van der Waals surface area contributed by atoms with Crippen LogP contribution >= 0.6 is 0 Å². The molecule has 1 aliphatic rings. The number of nitrogens with zero attached hydrogens (tertiary/aromatic N) is 3. The molecule has 0 unspecified atom stereocenters. The normalized spacial score (nSPS) is 19.6. The Hall–Kier alpha value is -1.66. The fourth-order valence-corrected chi connectivity index (χ4v) is 2.35. The highest BCUT2D eigenvalue weighted by Crippen LogP contribution is 2.23. The lowest BCUT2D eigenvalue weighted by Crippen LogP contribution is -2.61. The van der Waals surface area contributed by atoms with Gasteiger partial charge in [0.1, 0.15) is 5.82 Å². The number of carbonyl (C=O) groups excluding carboxylic acids is 1. The third kappa shape index (κ3) is 2.69. The van der Waals surface area contributed by atoms with E-state index in [-0.39, 0.29) is 5.91 Å². The number of likely N-dealkylation sites (N-methyl/N-ethyl adjacent to an activating group) is 1. The van der Waals surface area contributed by atoms with Crippen molar-refractivity contribution < 1.29 is 4.79 Å². The van der Waals surface area contributed by atoms with E-state index in [0.717, 1.165) is 18.7 Å². The Morgan fingerprint density at radius 3 is 2.74 bits per heavy atom. The second-order valence-electron chi connectivity index (χ2n) is 5.40. The third-order valence-electron chi connectivity index (χ3n) is 3.71. The van der Waals surface area contributed by atoms with Crippen LogP contribution in [0.1, 0.15) is 19.4 Å². The van der Waals surface area contributed by atoms with E-state index in [1.54, 1.807) is 11.1 Å². The van der Waals surface area contributed by atoms with Gasteiger partial charge in [0.15, 0.2) is 0 Å². The van der Waals surface area contributed by atoms with Crippen molar-refractivity contribution in [2.24, 2.45) is 5.84 Å². The number of anilines is 1. The van der Waals surface area contributed by atoms with Gasteiger partial charge in [0, 0.05) is 32.9 Å². The molecule has 0 radical (unpaired) electrons. The summed E-state index contributed by atoms with van der Waals surface area (Å²) in [5.74, 6) is 6.08. The van der Waals surface area contributed by atoms with Crippen molar-refractivity contribution in [2.75, 3.05) is 25.6 Å². The number of amides is 1. The Morgan fingerprint density at radius 2 is 2.16 bits per heavy atom. The van der Waals surface area contributed by atoms with Gasteiger partial charge in [-0.2, -0.15) is 0 Å². The van der Waals surface area contributed by atoms with Crippen LogP contribution in [0.15, 0.2) is 18.3 Å². The molecular formula is C13H21N5O. The van der Waals surface area contributed by atoms with Crippen molar-refractivity contribution in [3.05, 3.63) is 23.9 Å². The molecule has 0 spiro atoms. The van der Waals surface area contributed by atoms with Crippen LogP contribution in [-0.4, -0.2) is 46.4 Å². The lowest BCUT2D eigenvalue weighted by Gasteiger charge is -2.44. The van der Waals surface area contributed by atoms with Gasteiger partial charge in [-0.3, -0.25) is 9.69 Å². The molecule has 6 nitrogen and oxygen atoms in total. The van der Waals surface area contributed by atoms with Gasteiger partial charge in [0.25, 0.3) is 0 Å². The summed E-state index contributed by atoms with van der Waals surface area (Å²) >= 11 is 0. The molecule has 3 N–H and O–H groups in total. The molecule has 1 aromatic rings. The molecule has 1 amide bonds. The minimum absolute atomic E-state index is 0.159. The van der Waals surface area contributed by atoms with E-state index in [1.165, 1.54) is 0 Å². The molecule has 0 bridgehead atoms. The van der Waals surface area contributed by atoms with Gasteiger partial charge in [0.2, 0.25) is 5.91 Å². The number of hydrogen-bond donors (Lipinski definition) is 2. The number of rotatable bonds is 3. The number of nitrogens with one attached hydrogen (secondary N) is 1. The average molecular weight is 263 g/mol. The van der Waals surface area contributed by atoms with Crippen LogP contribution in [0.25, 0.3) is 0 Å². The van der Waals surface area contributed by atoms with Crippen LogP contribution in [0, 0.1) is 0 Å². The topological polar surface area (TPSA) is 74.5 Å². The molecule has 0 aliphatic carbocycles. The van der Waals surface area contributed by atoms with Crippen LogP contribution in [0.2, 0.25) is 0 Å². The first-order valence-electron chi connectivity index (χ1n) is 6.37. The number of carbonyl (C=O) groups is 1. The molecule has 0 saturated carbocycles. The van der Waals surface area contributed by atoms with Crippen molar-refractivity contribution >= 4 is 11.7 Å². The van der Waals surface area contributed by atoms with E-state index in [2.05, 4.69) is 15.3 Å².